The first-order valence-corrected chi connectivity index (χ1v) is 7.24. The first-order chi connectivity index (χ1) is 10.2. The highest BCUT2D eigenvalue weighted by Gasteiger charge is 2.21. The minimum absolute atomic E-state index is 0.0480. The van der Waals surface area contributed by atoms with Gasteiger partial charge in [0.05, 0.1) is 13.2 Å². The molecule has 0 radical (unpaired) electrons. The van der Waals surface area contributed by atoms with Crippen LogP contribution in [0.2, 0.25) is 0 Å². The lowest BCUT2D eigenvalue weighted by molar-refractivity contribution is 0.0694. The van der Waals surface area contributed by atoms with Gasteiger partial charge < -0.3 is 14.6 Å². The maximum Gasteiger partial charge on any atom is 0.339 e. The summed E-state index contributed by atoms with van der Waals surface area (Å²) in [7, 11) is 0. The summed E-state index contributed by atoms with van der Waals surface area (Å²) in [6, 6.07) is 7.16. The monoisotopic (exact) mass is 291 g/mol. The average molecular weight is 291 g/mol. The topological polar surface area (TPSA) is 73.9 Å². The highest BCUT2D eigenvalue weighted by molar-refractivity contribution is 6.03. The van der Waals surface area contributed by atoms with Crippen molar-refractivity contribution in [3.8, 4) is 0 Å². The summed E-state index contributed by atoms with van der Waals surface area (Å²) in [5.74, 6) is -0.525. The Morgan fingerprint density at radius 2 is 2.05 bits per heavy atom. The van der Waals surface area contributed by atoms with Gasteiger partial charge in [-0.1, -0.05) is 31.5 Å². The van der Waals surface area contributed by atoms with Gasteiger partial charge in [-0.25, -0.2) is 4.79 Å². The number of aliphatic hydroxyl groups is 1. The number of carboxylic acid groups (broad SMARTS) is 1. The van der Waals surface area contributed by atoms with Gasteiger partial charge in [-0.3, -0.25) is 4.90 Å². The highest BCUT2D eigenvalue weighted by Crippen LogP contribution is 2.27. The van der Waals surface area contributed by atoms with Crippen LogP contribution in [0.15, 0.2) is 28.7 Å². The van der Waals surface area contributed by atoms with E-state index in [4.69, 9.17) is 9.52 Å². The second-order valence-electron chi connectivity index (χ2n) is 5.05. The fourth-order valence-corrected chi connectivity index (χ4v) is 2.44. The van der Waals surface area contributed by atoms with E-state index >= 15 is 0 Å². The van der Waals surface area contributed by atoms with Crippen LogP contribution < -0.4 is 0 Å². The zero-order valence-corrected chi connectivity index (χ0v) is 12.2. The number of carboxylic acids is 1. The number of hydrogen-bond acceptors (Lipinski definition) is 4. The number of rotatable bonds is 8. The van der Waals surface area contributed by atoms with E-state index in [1.54, 1.807) is 18.2 Å². The van der Waals surface area contributed by atoms with Gasteiger partial charge in [0.1, 0.15) is 16.9 Å². The van der Waals surface area contributed by atoms with E-state index in [9.17, 15) is 9.90 Å². The number of benzene rings is 1. The van der Waals surface area contributed by atoms with E-state index in [1.165, 1.54) is 0 Å². The molecule has 0 saturated heterocycles. The first-order valence-electron chi connectivity index (χ1n) is 7.24. The highest BCUT2D eigenvalue weighted by atomic mass is 16.4. The van der Waals surface area contributed by atoms with Gasteiger partial charge in [-0.2, -0.15) is 0 Å². The Morgan fingerprint density at radius 1 is 1.29 bits per heavy atom. The number of furan rings is 1. The maximum absolute atomic E-state index is 11.5. The number of unbranched alkanes of at least 4 members (excludes halogenated alkanes) is 1. The lowest BCUT2D eigenvalue weighted by Gasteiger charge is -2.19. The number of aliphatic hydroxyl groups excluding tert-OH is 1. The number of nitrogens with zero attached hydrogens (tertiary/aromatic N) is 1. The third-order valence-electron chi connectivity index (χ3n) is 3.49. The second kappa shape index (κ2) is 7.24. The molecule has 114 valence electrons. The summed E-state index contributed by atoms with van der Waals surface area (Å²) in [5, 5.41) is 19.2. The van der Waals surface area contributed by atoms with Gasteiger partial charge in [-0.05, 0) is 19.0 Å². The van der Waals surface area contributed by atoms with Crippen molar-refractivity contribution >= 4 is 16.9 Å². The SMILES string of the molecule is CCCCN(CCO)Cc1oc2ccccc2c1C(=O)O. The molecular weight excluding hydrogens is 270 g/mol. The molecule has 1 aromatic heterocycles. The second-order valence-corrected chi connectivity index (χ2v) is 5.05. The van der Waals surface area contributed by atoms with Gasteiger partial charge in [-0.15, -0.1) is 0 Å². The zero-order chi connectivity index (χ0) is 15.2. The first kappa shape index (κ1) is 15.5. The summed E-state index contributed by atoms with van der Waals surface area (Å²) in [4.78, 5) is 13.5. The molecule has 5 nitrogen and oxygen atoms in total. The van der Waals surface area contributed by atoms with Crippen LogP contribution in [-0.2, 0) is 6.54 Å². The fourth-order valence-electron chi connectivity index (χ4n) is 2.44. The molecule has 2 rings (SSSR count). The van der Waals surface area contributed by atoms with Crippen molar-refractivity contribution in [2.24, 2.45) is 0 Å². The van der Waals surface area contributed by atoms with Crippen LogP contribution >= 0.6 is 0 Å². The fraction of sp³-hybridized carbons (Fsp3) is 0.438. The number of para-hydroxylation sites is 1. The number of fused-ring (bicyclic) bond motifs is 1. The van der Waals surface area contributed by atoms with E-state index in [2.05, 4.69) is 6.92 Å². The zero-order valence-electron chi connectivity index (χ0n) is 12.2. The van der Waals surface area contributed by atoms with Crippen molar-refractivity contribution in [2.75, 3.05) is 19.7 Å². The summed E-state index contributed by atoms with van der Waals surface area (Å²) in [6.07, 6.45) is 2.05. The van der Waals surface area contributed by atoms with Gasteiger partial charge in [0.15, 0.2) is 0 Å². The van der Waals surface area contributed by atoms with Crippen LogP contribution in [0.3, 0.4) is 0 Å². The molecule has 0 aliphatic carbocycles. The molecule has 0 saturated carbocycles. The molecule has 5 heteroatoms. The van der Waals surface area contributed by atoms with E-state index in [0.717, 1.165) is 19.4 Å². The van der Waals surface area contributed by atoms with Crippen LogP contribution in [0.1, 0.15) is 35.9 Å². The Kier molecular flexibility index (Phi) is 5.36. The normalized spacial score (nSPS) is 11.4. The van der Waals surface area contributed by atoms with Gasteiger partial charge in [0, 0.05) is 11.9 Å². The van der Waals surface area contributed by atoms with E-state index < -0.39 is 5.97 Å². The molecule has 0 amide bonds. The molecule has 0 bridgehead atoms. The van der Waals surface area contributed by atoms with Crippen LogP contribution in [0.5, 0.6) is 0 Å². The predicted octanol–water partition coefficient (Wildman–Crippen LogP) is 2.73. The maximum atomic E-state index is 11.5. The standard InChI is InChI=1S/C16H21NO4/c1-2-3-8-17(9-10-18)11-14-15(16(19)20)12-6-4-5-7-13(12)21-14/h4-7,18H,2-3,8-11H2,1H3,(H,19,20). The van der Waals surface area contributed by atoms with Crippen molar-refractivity contribution in [1.29, 1.82) is 0 Å². The molecule has 1 aromatic carbocycles. The Bertz CT molecular complexity index is 605. The molecule has 1 heterocycles. The molecule has 0 aliphatic heterocycles. The Labute approximate surface area is 123 Å². The largest absolute Gasteiger partial charge is 0.478 e. The molecule has 0 unspecified atom stereocenters. The van der Waals surface area contributed by atoms with Crippen LogP contribution in [-0.4, -0.2) is 40.8 Å². The molecule has 0 spiro atoms. The minimum atomic E-state index is -0.977. The van der Waals surface area contributed by atoms with Crippen molar-refractivity contribution in [3.63, 3.8) is 0 Å². The third-order valence-corrected chi connectivity index (χ3v) is 3.49. The summed E-state index contributed by atoms with van der Waals surface area (Å²) in [5.41, 5.74) is 0.814. The predicted molar refractivity (Wildman–Crippen MR) is 80.4 cm³/mol. The van der Waals surface area contributed by atoms with E-state index in [1.807, 2.05) is 11.0 Å². The smallest absolute Gasteiger partial charge is 0.339 e. The van der Waals surface area contributed by atoms with E-state index in [-0.39, 0.29) is 12.2 Å². The molecule has 2 aromatic rings. The lowest BCUT2D eigenvalue weighted by Crippen LogP contribution is -2.28. The van der Waals surface area contributed by atoms with Gasteiger partial charge in [0.25, 0.3) is 0 Å². The molecule has 0 fully saturated rings. The number of hydrogen-bond donors (Lipinski definition) is 2. The van der Waals surface area contributed by atoms with Crippen LogP contribution in [0.4, 0.5) is 0 Å². The lowest BCUT2D eigenvalue weighted by atomic mass is 10.1. The minimum Gasteiger partial charge on any atom is -0.478 e. The van der Waals surface area contributed by atoms with Gasteiger partial charge in [0.2, 0.25) is 0 Å². The molecule has 0 aliphatic rings. The van der Waals surface area contributed by atoms with Crippen molar-refractivity contribution in [1.82, 2.24) is 4.90 Å². The molecular formula is C16H21NO4. The quantitative estimate of drug-likeness (QED) is 0.782. The summed E-state index contributed by atoms with van der Waals surface area (Å²) >= 11 is 0. The Balaban J connectivity index is 2.31. The Hall–Kier alpha value is -1.85. The number of aromatic carboxylic acids is 1. The molecule has 21 heavy (non-hydrogen) atoms. The van der Waals surface area contributed by atoms with Crippen molar-refractivity contribution in [2.45, 2.75) is 26.3 Å². The van der Waals surface area contributed by atoms with Crippen molar-refractivity contribution in [3.05, 3.63) is 35.6 Å². The number of carbonyl (C=O) groups is 1. The summed E-state index contributed by atoms with van der Waals surface area (Å²) < 4.78 is 5.71. The van der Waals surface area contributed by atoms with E-state index in [0.29, 0.717) is 29.8 Å². The van der Waals surface area contributed by atoms with Crippen LogP contribution in [0, 0.1) is 0 Å². The average Bonchev–Trinajstić information content (AvgIpc) is 2.82. The summed E-state index contributed by atoms with van der Waals surface area (Å²) in [6.45, 7) is 3.87. The van der Waals surface area contributed by atoms with Gasteiger partial charge >= 0.3 is 5.97 Å². The Morgan fingerprint density at radius 3 is 2.71 bits per heavy atom. The third kappa shape index (κ3) is 3.62. The van der Waals surface area contributed by atoms with Crippen molar-refractivity contribution < 1.29 is 19.4 Å². The molecule has 2 N–H and O–H groups in total. The van der Waals surface area contributed by atoms with Crippen LogP contribution in [0.25, 0.3) is 11.0 Å². The molecule has 0 atom stereocenters.